The maximum Gasteiger partial charge on any atom is 0.320 e. The third kappa shape index (κ3) is 6.96. The van der Waals surface area contributed by atoms with Crippen molar-refractivity contribution < 1.29 is 14.3 Å². The van der Waals surface area contributed by atoms with Gasteiger partial charge in [0.2, 0.25) is 0 Å². The Labute approximate surface area is 169 Å². The molecule has 0 unspecified atom stereocenters. The smallest absolute Gasteiger partial charge is 0.320 e. The molecule has 0 saturated heterocycles. The van der Waals surface area contributed by atoms with E-state index in [1.807, 2.05) is 57.0 Å². The number of nitrogens with zero attached hydrogens (tertiary/aromatic N) is 1. The second kappa shape index (κ2) is 9.37. The van der Waals surface area contributed by atoms with Crippen LogP contribution in [0.15, 0.2) is 48.5 Å². The Balaban J connectivity index is 1.83. The Bertz CT molecular complexity index is 726. The summed E-state index contributed by atoms with van der Waals surface area (Å²) >= 11 is 2.29. The second-order valence-electron chi connectivity index (χ2n) is 7.18. The fraction of sp³-hybridized carbons (Fsp3) is 0.381. The Kier molecular flexibility index (Phi) is 7.46. The van der Waals surface area contributed by atoms with E-state index in [4.69, 9.17) is 9.47 Å². The Morgan fingerprint density at radius 1 is 1.08 bits per heavy atom. The topological polar surface area (TPSA) is 38.8 Å². The van der Waals surface area contributed by atoms with Crippen LogP contribution in [0.5, 0.6) is 5.75 Å². The summed E-state index contributed by atoms with van der Waals surface area (Å²) < 4.78 is 12.3. The minimum Gasteiger partial charge on any atom is -0.491 e. The second-order valence-corrected chi connectivity index (χ2v) is 8.35. The van der Waals surface area contributed by atoms with Crippen molar-refractivity contribution in [2.45, 2.75) is 26.4 Å². The lowest BCUT2D eigenvalue weighted by Crippen LogP contribution is -2.34. The molecule has 0 aliphatic rings. The molecule has 0 amide bonds. The number of carbonyl (C=O) groups excluding carboxylic acids is 1. The lowest BCUT2D eigenvalue weighted by Gasteiger charge is -2.22. The minimum atomic E-state index is -0.453. The Morgan fingerprint density at radius 2 is 1.77 bits per heavy atom. The first kappa shape index (κ1) is 20.7. The Morgan fingerprint density at radius 3 is 2.38 bits per heavy atom. The van der Waals surface area contributed by atoms with Gasteiger partial charge in [-0.25, -0.2) is 0 Å². The number of likely N-dealkylation sites (N-methyl/N-ethyl adjacent to an activating group) is 1. The molecule has 5 heteroatoms. The quantitative estimate of drug-likeness (QED) is 0.441. The van der Waals surface area contributed by atoms with Crippen LogP contribution >= 0.6 is 22.6 Å². The molecule has 0 fully saturated rings. The molecule has 0 saturated carbocycles. The first-order valence-electron chi connectivity index (χ1n) is 8.63. The van der Waals surface area contributed by atoms with Gasteiger partial charge in [-0.1, -0.05) is 36.4 Å². The number of esters is 1. The van der Waals surface area contributed by atoms with Gasteiger partial charge in [0.15, 0.2) is 0 Å². The zero-order valence-electron chi connectivity index (χ0n) is 15.8. The lowest BCUT2D eigenvalue weighted by molar-refractivity contribution is -0.155. The van der Waals surface area contributed by atoms with Crippen LogP contribution in [0.4, 0.5) is 0 Å². The largest absolute Gasteiger partial charge is 0.491 e. The highest BCUT2D eigenvalue weighted by Crippen LogP contribution is 2.27. The summed E-state index contributed by atoms with van der Waals surface area (Å²) in [5.74, 6) is 0.637. The summed E-state index contributed by atoms with van der Waals surface area (Å²) in [6, 6.07) is 16.5. The molecule has 0 aliphatic heterocycles. The van der Waals surface area contributed by atoms with Gasteiger partial charge in [0.25, 0.3) is 0 Å². The van der Waals surface area contributed by atoms with Crippen LogP contribution < -0.4 is 4.74 Å². The average Bonchev–Trinajstić information content (AvgIpc) is 2.55. The van der Waals surface area contributed by atoms with Gasteiger partial charge in [0, 0.05) is 6.54 Å². The number of halogens is 1. The van der Waals surface area contributed by atoms with Gasteiger partial charge in [-0.15, -0.1) is 0 Å². The van der Waals surface area contributed by atoms with E-state index in [2.05, 4.69) is 46.9 Å². The molecular weight excluding hydrogens is 441 g/mol. The van der Waals surface area contributed by atoms with E-state index in [1.165, 1.54) is 11.1 Å². The molecule has 26 heavy (non-hydrogen) atoms. The van der Waals surface area contributed by atoms with Crippen LogP contribution in [-0.2, 0) is 9.53 Å². The van der Waals surface area contributed by atoms with Crippen molar-refractivity contribution in [1.82, 2.24) is 4.90 Å². The molecule has 0 radical (unpaired) electrons. The highest BCUT2D eigenvalue weighted by atomic mass is 127. The zero-order chi connectivity index (χ0) is 19.2. The summed E-state index contributed by atoms with van der Waals surface area (Å²) in [5, 5.41) is 0. The summed E-state index contributed by atoms with van der Waals surface area (Å²) in [7, 11) is 1.89. The van der Waals surface area contributed by atoms with Crippen LogP contribution in [0.25, 0.3) is 11.1 Å². The molecular formula is C21H26INO3. The molecule has 0 bridgehead atoms. The van der Waals surface area contributed by atoms with E-state index in [0.717, 1.165) is 9.32 Å². The maximum absolute atomic E-state index is 11.8. The number of benzene rings is 2. The van der Waals surface area contributed by atoms with Crippen molar-refractivity contribution in [3.05, 3.63) is 52.1 Å². The van der Waals surface area contributed by atoms with Gasteiger partial charge in [-0.3, -0.25) is 9.69 Å². The average molecular weight is 467 g/mol. The number of rotatable bonds is 7. The molecule has 2 aromatic rings. The molecule has 0 aromatic heterocycles. The first-order chi connectivity index (χ1) is 12.2. The highest BCUT2D eigenvalue weighted by Gasteiger charge is 2.17. The summed E-state index contributed by atoms with van der Waals surface area (Å²) in [6.07, 6.45) is 0. The molecule has 0 N–H and O–H groups in total. The molecule has 2 aromatic carbocycles. The van der Waals surface area contributed by atoms with Gasteiger partial charge < -0.3 is 9.47 Å². The van der Waals surface area contributed by atoms with E-state index in [0.29, 0.717) is 13.2 Å². The Hall–Kier alpha value is -1.60. The molecule has 4 nitrogen and oxygen atoms in total. The minimum absolute atomic E-state index is 0.221. The van der Waals surface area contributed by atoms with Crippen LogP contribution in [0, 0.1) is 3.57 Å². The third-order valence-corrected chi connectivity index (χ3v) is 4.43. The van der Waals surface area contributed by atoms with Gasteiger partial charge in [0.05, 0.1) is 10.1 Å². The fourth-order valence-electron chi connectivity index (χ4n) is 2.41. The number of hydrogen-bond donors (Lipinski definition) is 0. The predicted molar refractivity (Wildman–Crippen MR) is 113 cm³/mol. The van der Waals surface area contributed by atoms with Crippen LogP contribution in [0.3, 0.4) is 0 Å². The standard InChI is InChI=1S/C21H26INO3/c1-21(2,3)26-20(24)15-23(4)12-13-25-19-11-10-17(14-18(19)22)16-8-6-5-7-9-16/h5-11,14H,12-13,15H2,1-4H3. The van der Waals surface area contributed by atoms with Crippen molar-refractivity contribution in [3.63, 3.8) is 0 Å². The number of hydrogen-bond acceptors (Lipinski definition) is 4. The summed E-state index contributed by atoms with van der Waals surface area (Å²) in [5.41, 5.74) is 1.91. The predicted octanol–water partition coefficient (Wildman–Crippen LogP) is 4.61. The van der Waals surface area contributed by atoms with Crippen molar-refractivity contribution in [2.24, 2.45) is 0 Å². The van der Waals surface area contributed by atoms with Crippen LogP contribution in [0.1, 0.15) is 20.8 Å². The van der Waals surface area contributed by atoms with Crippen LogP contribution in [-0.4, -0.2) is 43.2 Å². The summed E-state index contributed by atoms with van der Waals surface area (Å²) in [6.45, 7) is 7.03. The number of ether oxygens (including phenoxy) is 2. The normalized spacial score (nSPS) is 11.5. The number of carbonyl (C=O) groups is 1. The van der Waals surface area contributed by atoms with E-state index < -0.39 is 5.60 Å². The van der Waals surface area contributed by atoms with Gasteiger partial charge >= 0.3 is 5.97 Å². The molecule has 0 heterocycles. The van der Waals surface area contributed by atoms with E-state index in [-0.39, 0.29) is 12.5 Å². The van der Waals surface area contributed by atoms with Crippen LogP contribution in [0.2, 0.25) is 0 Å². The van der Waals surface area contributed by atoms with E-state index >= 15 is 0 Å². The SMILES string of the molecule is CN(CCOc1ccc(-c2ccccc2)cc1I)CC(=O)OC(C)(C)C. The van der Waals surface area contributed by atoms with Gasteiger partial charge in [0.1, 0.15) is 18.0 Å². The summed E-state index contributed by atoms with van der Waals surface area (Å²) in [4.78, 5) is 13.7. The first-order valence-corrected chi connectivity index (χ1v) is 9.70. The molecule has 0 atom stereocenters. The van der Waals surface area contributed by atoms with Crippen molar-refractivity contribution in [3.8, 4) is 16.9 Å². The van der Waals surface area contributed by atoms with Gasteiger partial charge in [-0.2, -0.15) is 0 Å². The highest BCUT2D eigenvalue weighted by molar-refractivity contribution is 14.1. The monoisotopic (exact) mass is 467 g/mol. The maximum atomic E-state index is 11.8. The molecule has 140 valence electrons. The zero-order valence-corrected chi connectivity index (χ0v) is 17.9. The van der Waals surface area contributed by atoms with E-state index in [1.54, 1.807) is 0 Å². The third-order valence-electron chi connectivity index (χ3n) is 3.59. The van der Waals surface area contributed by atoms with Crippen molar-refractivity contribution in [2.75, 3.05) is 26.7 Å². The molecule has 2 rings (SSSR count). The van der Waals surface area contributed by atoms with Gasteiger partial charge in [-0.05, 0) is 73.7 Å². The van der Waals surface area contributed by atoms with Crippen molar-refractivity contribution in [1.29, 1.82) is 0 Å². The fourth-order valence-corrected chi connectivity index (χ4v) is 3.08. The molecule has 0 spiro atoms. The lowest BCUT2D eigenvalue weighted by atomic mass is 10.1. The van der Waals surface area contributed by atoms with E-state index in [9.17, 15) is 4.79 Å². The molecule has 0 aliphatic carbocycles. The van der Waals surface area contributed by atoms with Crippen molar-refractivity contribution >= 4 is 28.6 Å².